The van der Waals surface area contributed by atoms with Crippen LogP contribution in [0.15, 0.2) is 11.8 Å². The largest absolute Gasteiger partial charge is 0.462 e. The molecule has 0 saturated carbocycles. The highest BCUT2D eigenvalue weighted by atomic mass is 19.4. The summed E-state index contributed by atoms with van der Waals surface area (Å²) < 4.78 is 41.9. The van der Waals surface area contributed by atoms with E-state index in [9.17, 15) is 18.0 Å². The molecule has 0 rings (SSSR count). The maximum atomic E-state index is 12.5. The van der Waals surface area contributed by atoms with Crippen LogP contribution >= 0.6 is 0 Å². The van der Waals surface area contributed by atoms with Gasteiger partial charge in [-0.15, -0.1) is 0 Å². The van der Waals surface area contributed by atoms with Gasteiger partial charge >= 0.3 is 12.1 Å². The Morgan fingerprint density at radius 3 is 2.39 bits per heavy atom. The number of carbonyl (C=O) groups excluding carboxylic acids is 1. The van der Waals surface area contributed by atoms with Crippen LogP contribution in [0.4, 0.5) is 13.2 Å². The zero-order valence-electron chi connectivity index (χ0n) is 10.8. The summed E-state index contributed by atoms with van der Waals surface area (Å²) in [6, 6.07) is 0. The molecule has 0 saturated heterocycles. The first-order valence-electron chi connectivity index (χ1n) is 6.11. The summed E-state index contributed by atoms with van der Waals surface area (Å²) in [5.41, 5.74) is -1.29. The third kappa shape index (κ3) is 7.19. The summed E-state index contributed by atoms with van der Waals surface area (Å²) >= 11 is 0. The number of rotatable bonds is 8. The second-order valence-electron chi connectivity index (χ2n) is 3.79. The van der Waals surface area contributed by atoms with Gasteiger partial charge in [0.2, 0.25) is 0 Å². The SMILES string of the molecule is CCCCCCN/C=C(\C(=O)OCC)C(F)(F)F. The van der Waals surface area contributed by atoms with Crippen molar-refractivity contribution in [1.29, 1.82) is 0 Å². The van der Waals surface area contributed by atoms with Crippen LogP contribution < -0.4 is 5.32 Å². The summed E-state index contributed by atoms with van der Waals surface area (Å²) in [6.45, 7) is 3.85. The van der Waals surface area contributed by atoms with Crippen molar-refractivity contribution in [3.8, 4) is 0 Å². The van der Waals surface area contributed by atoms with Gasteiger partial charge in [-0.25, -0.2) is 4.79 Å². The van der Waals surface area contributed by atoms with Crippen molar-refractivity contribution in [3.05, 3.63) is 11.8 Å². The van der Waals surface area contributed by atoms with E-state index < -0.39 is 17.7 Å². The quantitative estimate of drug-likeness (QED) is 0.417. The Morgan fingerprint density at radius 2 is 1.89 bits per heavy atom. The molecule has 0 aromatic rings. The molecular formula is C12H20F3NO2. The third-order valence-electron chi connectivity index (χ3n) is 2.22. The van der Waals surface area contributed by atoms with Crippen LogP contribution in [0.5, 0.6) is 0 Å². The molecule has 0 heterocycles. The molecule has 106 valence electrons. The molecule has 0 fully saturated rings. The molecule has 0 aromatic carbocycles. The molecule has 0 spiro atoms. The number of esters is 1. The number of nitrogens with one attached hydrogen (secondary N) is 1. The highest BCUT2D eigenvalue weighted by Gasteiger charge is 2.39. The van der Waals surface area contributed by atoms with Crippen LogP contribution in [0.2, 0.25) is 0 Å². The number of carbonyl (C=O) groups is 1. The first-order valence-corrected chi connectivity index (χ1v) is 6.11. The number of ether oxygens (including phenoxy) is 1. The van der Waals surface area contributed by atoms with E-state index in [4.69, 9.17) is 0 Å². The van der Waals surface area contributed by atoms with Gasteiger partial charge in [-0.3, -0.25) is 0 Å². The molecule has 18 heavy (non-hydrogen) atoms. The smallest absolute Gasteiger partial charge is 0.424 e. The minimum absolute atomic E-state index is 0.0806. The lowest BCUT2D eigenvalue weighted by Crippen LogP contribution is -2.25. The summed E-state index contributed by atoms with van der Waals surface area (Å²) in [6.07, 6.45) is -0.148. The Balaban J connectivity index is 4.27. The maximum absolute atomic E-state index is 12.5. The standard InChI is InChI=1S/C12H20F3NO2/c1-3-5-6-7-8-16-9-10(12(13,14)15)11(17)18-4-2/h9,16H,3-8H2,1-2H3/b10-9+. The summed E-state index contributed by atoms with van der Waals surface area (Å²) in [5.74, 6) is -1.34. The molecule has 0 unspecified atom stereocenters. The van der Waals surface area contributed by atoms with Crippen molar-refractivity contribution in [2.45, 2.75) is 45.7 Å². The number of hydrogen-bond donors (Lipinski definition) is 1. The summed E-state index contributed by atoms with van der Waals surface area (Å²) in [4.78, 5) is 11.1. The predicted molar refractivity (Wildman–Crippen MR) is 62.9 cm³/mol. The number of halogens is 3. The number of alkyl halides is 3. The van der Waals surface area contributed by atoms with Crippen LogP contribution in [-0.4, -0.2) is 25.3 Å². The van der Waals surface area contributed by atoms with Crippen LogP contribution in [0.3, 0.4) is 0 Å². The van der Waals surface area contributed by atoms with Crippen molar-refractivity contribution in [1.82, 2.24) is 5.32 Å². The fourth-order valence-electron chi connectivity index (χ4n) is 1.29. The van der Waals surface area contributed by atoms with E-state index in [1.54, 1.807) is 0 Å². The Bertz CT molecular complexity index is 275. The number of unbranched alkanes of at least 4 members (excludes halogenated alkanes) is 3. The van der Waals surface area contributed by atoms with Gasteiger partial charge in [0.15, 0.2) is 5.57 Å². The first kappa shape index (κ1) is 16.8. The van der Waals surface area contributed by atoms with E-state index in [1.807, 2.05) is 0 Å². The van der Waals surface area contributed by atoms with Crippen molar-refractivity contribution >= 4 is 5.97 Å². The molecule has 0 bridgehead atoms. The van der Waals surface area contributed by atoms with E-state index in [-0.39, 0.29) is 6.61 Å². The minimum Gasteiger partial charge on any atom is -0.462 e. The fraction of sp³-hybridized carbons (Fsp3) is 0.750. The molecule has 0 aliphatic rings. The van der Waals surface area contributed by atoms with Crippen LogP contribution in [0, 0.1) is 0 Å². The van der Waals surface area contributed by atoms with Gasteiger partial charge in [-0.1, -0.05) is 26.2 Å². The summed E-state index contributed by atoms with van der Waals surface area (Å²) in [7, 11) is 0. The highest BCUT2D eigenvalue weighted by molar-refractivity contribution is 5.89. The molecule has 0 amide bonds. The first-order chi connectivity index (χ1) is 8.43. The van der Waals surface area contributed by atoms with Crippen molar-refractivity contribution < 1.29 is 22.7 Å². The zero-order chi connectivity index (χ0) is 14.0. The lowest BCUT2D eigenvalue weighted by atomic mass is 10.2. The fourth-order valence-corrected chi connectivity index (χ4v) is 1.29. The summed E-state index contributed by atoms with van der Waals surface area (Å²) in [5, 5.41) is 2.51. The molecule has 6 heteroatoms. The maximum Gasteiger partial charge on any atom is 0.424 e. The second kappa shape index (κ2) is 8.83. The Hall–Kier alpha value is -1.20. The molecule has 0 atom stereocenters. The molecule has 0 aromatic heterocycles. The van der Waals surface area contributed by atoms with Crippen LogP contribution in [0.1, 0.15) is 39.5 Å². The average molecular weight is 267 g/mol. The Labute approximate surface area is 105 Å². The molecule has 0 aliphatic heterocycles. The van der Waals surface area contributed by atoms with Gasteiger partial charge < -0.3 is 10.1 Å². The highest BCUT2D eigenvalue weighted by Crippen LogP contribution is 2.25. The van der Waals surface area contributed by atoms with Gasteiger partial charge in [0.05, 0.1) is 6.61 Å². The van der Waals surface area contributed by atoms with E-state index in [0.717, 1.165) is 25.7 Å². The topological polar surface area (TPSA) is 38.3 Å². The van der Waals surface area contributed by atoms with Gasteiger partial charge in [0.25, 0.3) is 0 Å². The second-order valence-corrected chi connectivity index (χ2v) is 3.79. The van der Waals surface area contributed by atoms with Crippen LogP contribution in [0.25, 0.3) is 0 Å². The van der Waals surface area contributed by atoms with Gasteiger partial charge in [0, 0.05) is 12.7 Å². The van der Waals surface area contributed by atoms with E-state index in [0.29, 0.717) is 12.7 Å². The number of hydrogen-bond acceptors (Lipinski definition) is 3. The lowest BCUT2D eigenvalue weighted by molar-refractivity contribution is -0.150. The third-order valence-corrected chi connectivity index (χ3v) is 2.22. The normalized spacial score (nSPS) is 12.4. The molecular weight excluding hydrogens is 247 g/mol. The lowest BCUT2D eigenvalue weighted by Gasteiger charge is -2.11. The monoisotopic (exact) mass is 267 g/mol. The van der Waals surface area contributed by atoms with E-state index >= 15 is 0 Å². The zero-order valence-corrected chi connectivity index (χ0v) is 10.8. The van der Waals surface area contributed by atoms with E-state index in [2.05, 4.69) is 17.0 Å². The van der Waals surface area contributed by atoms with Gasteiger partial charge in [0.1, 0.15) is 0 Å². The molecule has 3 nitrogen and oxygen atoms in total. The minimum atomic E-state index is -4.69. The van der Waals surface area contributed by atoms with E-state index in [1.165, 1.54) is 6.92 Å². The Morgan fingerprint density at radius 1 is 1.22 bits per heavy atom. The average Bonchev–Trinajstić information content (AvgIpc) is 2.26. The van der Waals surface area contributed by atoms with Crippen molar-refractivity contribution in [2.24, 2.45) is 0 Å². The van der Waals surface area contributed by atoms with Gasteiger partial charge in [-0.05, 0) is 13.3 Å². The predicted octanol–water partition coefficient (Wildman–Crippen LogP) is 3.17. The van der Waals surface area contributed by atoms with Crippen molar-refractivity contribution in [3.63, 3.8) is 0 Å². The molecule has 0 aliphatic carbocycles. The van der Waals surface area contributed by atoms with Crippen molar-refractivity contribution in [2.75, 3.05) is 13.2 Å². The Kier molecular flexibility index (Phi) is 8.24. The van der Waals surface area contributed by atoms with Gasteiger partial charge in [-0.2, -0.15) is 13.2 Å². The molecule has 0 radical (unpaired) electrons. The molecule has 1 N–H and O–H groups in total. The van der Waals surface area contributed by atoms with Crippen LogP contribution in [-0.2, 0) is 9.53 Å².